The number of fused-ring (bicyclic) bond motifs is 1. The first-order valence-corrected chi connectivity index (χ1v) is 6.73. The van der Waals surface area contributed by atoms with Crippen molar-refractivity contribution in [2.24, 2.45) is 0 Å². The van der Waals surface area contributed by atoms with Crippen molar-refractivity contribution in [2.45, 2.75) is 6.92 Å². The molecule has 0 saturated heterocycles. The quantitative estimate of drug-likeness (QED) is 0.658. The minimum atomic E-state index is -0.512. The van der Waals surface area contributed by atoms with Gasteiger partial charge in [-0.25, -0.2) is 0 Å². The minimum absolute atomic E-state index is 0.100. The number of amides is 1. The van der Waals surface area contributed by atoms with Crippen LogP contribution in [0.5, 0.6) is 5.75 Å². The molecule has 0 unspecified atom stereocenters. The number of ether oxygens (including phenoxy) is 1. The lowest BCUT2D eigenvalue weighted by atomic mass is 10.2. The summed E-state index contributed by atoms with van der Waals surface area (Å²) >= 11 is 0. The molecule has 5 heteroatoms. The normalized spacial score (nSPS) is 14.2. The molecule has 108 valence electrons. The maximum Gasteiger partial charge on any atom is 0.271 e. The molecule has 0 atom stereocenters. The van der Waals surface area contributed by atoms with Gasteiger partial charge in [0.25, 0.3) is 5.91 Å². The Hall–Kier alpha value is -3.26. The van der Waals surface area contributed by atoms with Crippen LogP contribution in [0.15, 0.2) is 60.0 Å². The third-order valence-electron chi connectivity index (χ3n) is 3.22. The molecule has 0 aromatic heterocycles. The Balaban J connectivity index is 1.83. The van der Waals surface area contributed by atoms with Gasteiger partial charge in [0.15, 0.2) is 11.3 Å². The Kier molecular flexibility index (Phi) is 3.50. The van der Waals surface area contributed by atoms with Crippen LogP contribution in [0.4, 0.5) is 11.4 Å². The summed E-state index contributed by atoms with van der Waals surface area (Å²) < 4.78 is 5.52. The lowest BCUT2D eigenvalue weighted by Crippen LogP contribution is -2.18. The van der Waals surface area contributed by atoms with Gasteiger partial charge in [0.2, 0.25) is 5.88 Å². The van der Waals surface area contributed by atoms with E-state index in [9.17, 15) is 10.1 Å². The van der Waals surface area contributed by atoms with Gasteiger partial charge < -0.3 is 15.4 Å². The average molecular weight is 291 g/mol. The van der Waals surface area contributed by atoms with Gasteiger partial charge in [0.1, 0.15) is 6.07 Å². The average Bonchev–Trinajstić information content (AvgIpc) is 2.94. The minimum Gasteiger partial charge on any atom is -0.437 e. The molecular formula is C17H13N3O2. The van der Waals surface area contributed by atoms with E-state index in [4.69, 9.17) is 4.74 Å². The summed E-state index contributed by atoms with van der Waals surface area (Å²) in [6.45, 7) is 1.96. The van der Waals surface area contributed by atoms with Gasteiger partial charge in [-0.3, -0.25) is 4.79 Å². The van der Waals surface area contributed by atoms with Crippen molar-refractivity contribution in [3.63, 3.8) is 0 Å². The molecule has 0 saturated carbocycles. The summed E-state index contributed by atoms with van der Waals surface area (Å²) in [5.74, 6) is 0.225. The van der Waals surface area contributed by atoms with E-state index < -0.39 is 5.91 Å². The zero-order valence-corrected chi connectivity index (χ0v) is 11.9. The molecule has 1 aliphatic rings. The molecule has 0 aliphatic carbocycles. The van der Waals surface area contributed by atoms with E-state index in [1.807, 2.05) is 43.3 Å². The molecule has 0 spiro atoms. The Morgan fingerprint density at radius 2 is 1.91 bits per heavy atom. The van der Waals surface area contributed by atoms with Crippen molar-refractivity contribution < 1.29 is 9.53 Å². The first-order valence-electron chi connectivity index (χ1n) is 6.73. The van der Waals surface area contributed by atoms with Gasteiger partial charge in [-0.15, -0.1) is 0 Å². The number of hydrogen-bond donors (Lipinski definition) is 2. The maximum atomic E-state index is 12.3. The van der Waals surface area contributed by atoms with E-state index in [0.717, 1.165) is 11.3 Å². The van der Waals surface area contributed by atoms with Gasteiger partial charge in [-0.1, -0.05) is 29.8 Å². The molecule has 0 bridgehead atoms. The monoisotopic (exact) mass is 291 g/mol. The van der Waals surface area contributed by atoms with Crippen LogP contribution in [0.1, 0.15) is 5.56 Å². The van der Waals surface area contributed by atoms with E-state index in [0.29, 0.717) is 11.4 Å². The molecule has 0 radical (unpaired) electrons. The molecule has 1 amide bonds. The van der Waals surface area contributed by atoms with Crippen LogP contribution >= 0.6 is 0 Å². The lowest BCUT2D eigenvalue weighted by Gasteiger charge is -2.06. The van der Waals surface area contributed by atoms with Crippen molar-refractivity contribution in [3.8, 4) is 11.8 Å². The van der Waals surface area contributed by atoms with E-state index in [2.05, 4.69) is 10.6 Å². The van der Waals surface area contributed by atoms with Crippen LogP contribution in [0.2, 0.25) is 0 Å². The number of aryl methyl sites for hydroxylation is 1. The zero-order valence-electron chi connectivity index (χ0n) is 11.9. The second-order valence-electron chi connectivity index (χ2n) is 4.86. The highest BCUT2D eigenvalue weighted by atomic mass is 16.5. The largest absolute Gasteiger partial charge is 0.437 e. The van der Waals surface area contributed by atoms with Crippen LogP contribution in [-0.2, 0) is 4.79 Å². The van der Waals surface area contributed by atoms with E-state index in [-0.39, 0.29) is 11.5 Å². The molecule has 5 nitrogen and oxygen atoms in total. The van der Waals surface area contributed by atoms with Gasteiger partial charge in [0, 0.05) is 5.69 Å². The van der Waals surface area contributed by atoms with E-state index in [1.165, 1.54) is 0 Å². The number of benzene rings is 2. The molecule has 3 rings (SSSR count). The Bertz CT molecular complexity index is 774. The third kappa shape index (κ3) is 2.63. The number of anilines is 2. The smallest absolute Gasteiger partial charge is 0.271 e. The van der Waals surface area contributed by atoms with Crippen LogP contribution in [0.3, 0.4) is 0 Å². The maximum absolute atomic E-state index is 12.3. The summed E-state index contributed by atoms with van der Waals surface area (Å²) in [4.78, 5) is 12.3. The Labute approximate surface area is 127 Å². The fraction of sp³-hybridized carbons (Fsp3) is 0.0588. The summed E-state index contributed by atoms with van der Waals surface area (Å²) in [5, 5.41) is 14.9. The highest BCUT2D eigenvalue weighted by Crippen LogP contribution is 2.33. The molecule has 1 aliphatic heterocycles. The van der Waals surface area contributed by atoms with Crippen molar-refractivity contribution >= 4 is 17.3 Å². The number of nitrogens with zero attached hydrogens (tertiary/aromatic N) is 1. The standard InChI is InChI=1S/C17H13N3O2/c1-11-6-8-12(9-7-11)19-16(21)13(10-18)17-20-14-4-2-3-5-15(14)22-17/h2-9,20H,1H3,(H,19,21)/b17-13+. The van der Waals surface area contributed by atoms with Gasteiger partial charge in [-0.2, -0.15) is 5.26 Å². The number of carbonyl (C=O) groups is 1. The number of hydrogen-bond acceptors (Lipinski definition) is 4. The summed E-state index contributed by atoms with van der Waals surface area (Å²) in [7, 11) is 0. The Morgan fingerprint density at radius 1 is 1.18 bits per heavy atom. The highest BCUT2D eigenvalue weighted by molar-refractivity contribution is 6.07. The number of nitriles is 1. The van der Waals surface area contributed by atoms with Crippen LogP contribution < -0.4 is 15.4 Å². The van der Waals surface area contributed by atoms with Crippen LogP contribution in [0.25, 0.3) is 0 Å². The Morgan fingerprint density at radius 3 is 2.59 bits per heavy atom. The topological polar surface area (TPSA) is 74.2 Å². The van der Waals surface area contributed by atoms with Crippen LogP contribution in [-0.4, -0.2) is 5.91 Å². The predicted molar refractivity (Wildman–Crippen MR) is 83.1 cm³/mol. The van der Waals surface area contributed by atoms with Crippen molar-refractivity contribution in [3.05, 3.63) is 65.6 Å². The fourth-order valence-corrected chi connectivity index (χ4v) is 2.07. The van der Waals surface area contributed by atoms with Crippen LogP contribution in [0, 0.1) is 18.3 Å². The van der Waals surface area contributed by atoms with Crippen molar-refractivity contribution in [1.82, 2.24) is 0 Å². The summed E-state index contributed by atoms with van der Waals surface area (Å²) in [6, 6.07) is 16.5. The molecule has 2 aromatic rings. The van der Waals surface area contributed by atoms with Gasteiger partial charge in [0.05, 0.1) is 5.69 Å². The number of nitrogens with one attached hydrogen (secondary N) is 2. The highest BCUT2D eigenvalue weighted by Gasteiger charge is 2.24. The predicted octanol–water partition coefficient (Wildman–Crippen LogP) is 3.17. The zero-order chi connectivity index (χ0) is 15.5. The molecular weight excluding hydrogens is 278 g/mol. The number of carbonyl (C=O) groups excluding carboxylic acids is 1. The SMILES string of the molecule is Cc1ccc(NC(=O)/C(C#N)=C2\Nc3ccccc3O2)cc1. The fourth-order valence-electron chi connectivity index (χ4n) is 2.07. The molecule has 0 fully saturated rings. The van der Waals surface area contributed by atoms with Crippen molar-refractivity contribution in [1.29, 1.82) is 5.26 Å². The molecule has 22 heavy (non-hydrogen) atoms. The molecule has 2 N–H and O–H groups in total. The van der Waals surface area contributed by atoms with E-state index in [1.54, 1.807) is 18.2 Å². The first kappa shape index (κ1) is 13.7. The first-order chi connectivity index (χ1) is 10.7. The molecule has 1 heterocycles. The van der Waals surface area contributed by atoms with Gasteiger partial charge in [-0.05, 0) is 31.2 Å². The summed E-state index contributed by atoms with van der Waals surface area (Å²) in [5.41, 5.74) is 2.35. The third-order valence-corrected chi connectivity index (χ3v) is 3.22. The lowest BCUT2D eigenvalue weighted by molar-refractivity contribution is -0.112. The van der Waals surface area contributed by atoms with Crippen molar-refractivity contribution in [2.75, 3.05) is 10.6 Å². The summed E-state index contributed by atoms with van der Waals surface area (Å²) in [6.07, 6.45) is 0. The second kappa shape index (κ2) is 5.62. The van der Waals surface area contributed by atoms with Gasteiger partial charge >= 0.3 is 0 Å². The molecule has 2 aromatic carbocycles. The second-order valence-corrected chi connectivity index (χ2v) is 4.86. The van der Waals surface area contributed by atoms with E-state index >= 15 is 0 Å². The number of para-hydroxylation sites is 2. The number of rotatable bonds is 2.